The van der Waals surface area contributed by atoms with Crippen LogP contribution in [0, 0.1) is 0 Å². The Balaban J connectivity index is 1.44. The molecule has 1 aromatic carbocycles. The van der Waals surface area contributed by atoms with Crippen LogP contribution in [0.1, 0.15) is 25.5 Å². The van der Waals surface area contributed by atoms with Crippen molar-refractivity contribution >= 4 is 5.91 Å². The van der Waals surface area contributed by atoms with E-state index in [1.54, 1.807) is 21.0 Å². The quantitative estimate of drug-likeness (QED) is 0.659. The third kappa shape index (κ3) is 4.77. The third-order valence-corrected chi connectivity index (χ3v) is 5.60. The summed E-state index contributed by atoms with van der Waals surface area (Å²) in [7, 11) is 1.58. The van der Waals surface area contributed by atoms with Gasteiger partial charge < -0.3 is 24.3 Å². The summed E-state index contributed by atoms with van der Waals surface area (Å²) in [5.74, 6) is -0.345. The van der Waals surface area contributed by atoms with E-state index in [-0.39, 0.29) is 25.5 Å². The normalized spacial score (nSPS) is 26.3. The van der Waals surface area contributed by atoms with Gasteiger partial charge in [0, 0.05) is 18.8 Å². The molecule has 1 amide bonds. The average Bonchev–Trinajstić information content (AvgIpc) is 3.08. The molecule has 2 aliphatic rings. The molecule has 1 aromatic heterocycles. The minimum absolute atomic E-state index is 0.157. The molecule has 0 aliphatic carbocycles. The monoisotopic (exact) mass is 445 g/mol. The van der Waals surface area contributed by atoms with Crippen molar-refractivity contribution < 1.29 is 23.7 Å². The van der Waals surface area contributed by atoms with Gasteiger partial charge in [0.25, 0.3) is 5.56 Å². The Hall–Kier alpha value is -2.95. The third-order valence-electron chi connectivity index (χ3n) is 5.60. The second-order valence-corrected chi connectivity index (χ2v) is 8.35. The number of H-pyrrole nitrogens is 1. The number of nitrogens with zero attached hydrogens (tertiary/aromatic N) is 1. The summed E-state index contributed by atoms with van der Waals surface area (Å²) in [6, 6.07) is 8.13. The number of fused-ring (bicyclic) bond motifs is 1. The molecule has 172 valence electrons. The maximum atomic E-state index is 12.5. The molecule has 0 spiro atoms. The first-order valence-electron chi connectivity index (χ1n) is 10.4. The van der Waals surface area contributed by atoms with Gasteiger partial charge in [0.05, 0.1) is 26.2 Å². The van der Waals surface area contributed by atoms with Crippen molar-refractivity contribution in [3.05, 3.63) is 62.9 Å². The van der Waals surface area contributed by atoms with Crippen molar-refractivity contribution in [1.82, 2.24) is 14.9 Å². The molecule has 2 fully saturated rings. The Morgan fingerprint density at radius 2 is 2.03 bits per heavy atom. The predicted molar refractivity (Wildman–Crippen MR) is 114 cm³/mol. The van der Waals surface area contributed by atoms with E-state index in [1.807, 2.05) is 24.3 Å². The molecule has 0 bridgehead atoms. The summed E-state index contributed by atoms with van der Waals surface area (Å²) < 4.78 is 24.7. The fourth-order valence-electron chi connectivity index (χ4n) is 4.16. The number of ether oxygens (including phenoxy) is 4. The number of aromatic nitrogens is 2. The Labute approximate surface area is 184 Å². The van der Waals surface area contributed by atoms with Gasteiger partial charge in [-0.1, -0.05) is 12.1 Å². The topological polar surface area (TPSA) is 121 Å². The number of hydrogen-bond acceptors (Lipinski definition) is 7. The summed E-state index contributed by atoms with van der Waals surface area (Å²) in [6.07, 6.45) is 0.195. The van der Waals surface area contributed by atoms with Gasteiger partial charge in [-0.2, -0.15) is 0 Å². The van der Waals surface area contributed by atoms with Crippen LogP contribution in [-0.4, -0.2) is 59.8 Å². The van der Waals surface area contributed by atoms with Crippen molar-refractivity contribution in [2.75, 3.05) is 20.3 Å². The number of aromatic amines is 1. The highest BCUT2D eigenvalue weighted by atomic mass is 16.8. The lowest BCUT2D eigenvalue weighted by Gasteiger charge is -2.37. The second kappa shape index (κ2) is 8.89. The maximum absolute atomic E-state index is 12.5. The van der Waals surface area contributed by atoms with Gasteiger partial charge in [0.15, 0.2) is 5.79 Å². The second-order valence-electron chi connectivity index (χ2n) is 8.35. The molecule has 4 atom stereocenters. The van der Waals surface area contributed by atoms with Gasteiger partial charge in [-0.05, 0) is 31.5 Å². The molecule has 4 rings (SSSR count). The number of benzene rings is 1. The van der Waals surface area contributed by atoms with Crippen LogP contribution in [0.2, 0.25) is 0 Å². The van der Waals surface area contributed by atoms with Crippen LogP contribution in [0.3, 0.4) is 0 Å². The minimum atomic E-state index is -0.879. The van der Waals surface area contributed by atoms with Crippen molar-refractivity contribution in [3.63, 3.8) is 0 Å². The van der Waals surface area contributed by atoms with E-state index in [1.165, 1.54) is 16.8 Å². The minimum Gasteiger partial charge on any atom is -0.497 e. The van der Waals surface area contributed by atoms with Crippen LogP contribution in [0.4, 0.5) is 0 Å². The molecule has 2 N–H and O–H groups in total. The Bertz CT molecular complexity index is 1090. The number of rotatable bonds is 6. The van der Waals surface area contributed by atoms with E-state index in [2.05, 4.69) is 10.3 Å². The number of nitrogens with one attached hydrogen (secondary N) is 2. The molecular formula is C22H27N3O7. The fraction of sp³-hybridized carbons (Fsp3) is 0.500. The molecule has 0 saturated carbocycles. The van der Waals surface area contributed by atoms with Crippen LogP contribution in [0.15, 0.2) is 46.1 Å². The first kappa shape index (κ1) is 22.3. The van der Waals surface area contributed by atoms with Crippen molar-refractivity contribution in [2.45, 2.75) is 50.4 Å². The molecule has 0 unspecified atom stereocenters. The highest BCUT2D eigenvalue weighted by Crippen LogP contribution is 2.39. The zero-order chi connectivity index (χ0) is 22.9. The van der Waals surface area contributed by atoms with E-state index < -0.39 is 41.4 Å². The van der Waals surface area contributed by atoms with Crippen LogP contribution in [-0.2, 0) is 25.4 Å². The fourth-order valence-corrected chi connectivity index (χ4v) is 4.16. The molecule has 32 heavy (non-hydrogen) atoms. The predicted octanol–water partition coefficient (Wildman–Crippen LogP) is 0.364. The lowest BCUT2D eigenvalue weighted by Crippen LogP contribution is -2.54. The van der Waals surface area contributed by atoms with Crippen LogP contribution >= 0.6 is 0 Å². The van der Waals surface area contributed by atoms with Crippen LogP contribution in [0.5, 0.6) is 5.75 Å². The summed E-state index contributed by atoms with van der Waals surface area (Å²) >= 11 is 0. The van der Waals surface area contributed by atoms with Gasteiger partial charge >= 0.3 is 5.69 Å². The van der Waals surface area contributed by atoms with E-state index in [0.29, 0.717) is 5.75 Å². The van der Waals surface area contributed by atoms with Crippen molar-refractivity contribution in [2.24, 2.45) is 0 Å². The molecule has 2 aromatic rings. The van der Waals surface area contributed by atoms with E-state index in [4.69, 9.17) is 18.9 Å². The van der Waals surface area contributed by atoms with Gasteiger partial charge in [-0.15, -0.1) is 0 Å². The number of methoxy groups -OCH3 is 1. The van der Waals surface area contributed by atoms with E-state index >= 15 is 0 Å². The first-order valence-corrected chi connectivity index (χ1v) is 10.4. The number of hydrogen-bond donors (Lipinski definition) is 2. The van der Waals surface area contributed by atoms with Gasteiger partial charge in [0.1, 0.15) is 24.1 Å². The Morgan fingerprint density at radius 3 is 2.78 bits per heavy atom. The smallest absolute Gasteiger partial charge is 0.328 e. The molecule has 10 heteroatoms. The molecule has 3 heterocycles. The molecule has 2 aliphatic heterocycles. The molecular weight excluding hydrogens is 418 g/mol. The van der Waals surface area contributed by atoms with Crippen molar-refractivity contribution in [1.29, 1.82) is 0 Å². The lowest BCUT2D eigenvalue weighted by molar-refractivity contribution is -0.153. The zero-order valence-electron chi connectivity index (χ0n) is 18.2. The number of amides is 1. The Kier molecular flexibility index (Phi) is 6.18. The highest BCUT2D eigenvalue weighted by Gasteiger charge is 2.52. The van der Waals surface area contributed by atoms with Gasteiger partial charge in [-0.25, -0.2) is 4.79 Å². The first-order chi connectivity index (χ1) is 15.3. The summed E-state index contributed by atoms with van der Waals surface area (Å²) in [4.78, 5) is 38.4. The summed E-state index contributed by atoms with van der Waals surface area (Å²) in [6.45, 7) is 3.98. The standard InChI is InChI=1S/C22H27N3O7/c1-22(2)31-19-15(25-8-7-17(26)24-21(25)28)12-30-16(20(19)32-22)11-23-18(27)10-13-5-4-6-14(9-13)29-3/h4-9,15-16,19-20H,10-12H2,1-3H3,(H,23,27)(H,24,26,28)/t15-,16-,19+,20-/m1/s1. The maximum Gasteiger partial charge on any atom is 0.328 e. The van der Waals surface area contributed by atoms with Gasteiger partial charge in [0.2, 0.25) is 5.91 Å². The van der Waals surface area contributed by atoms with Gasteiger partial charge in [-0.3, -0.25) is 19.1 Å². The van der Waals surface area contributed by atoms with Crippen LogP contribution in [0.25, 0.3) is 0 Å². The number of carbonyl (C=O) groups excluding carboxylic acids is 1. The molecule has 0 radical (unpaired) electrons. The average molecular weight is 445 g/mol. The SMILES string of the molecule is COc1cccc(CC(=O)NC[C@H]2OC[C@@H](n3ccc(=O)[nH]c3=O)[C@@H]3OC(C)(C)O[C@@H]32)c1. The van der Waals surface area contributed by atoms with E-state index in [0.717, 1.165) is 5.56 Å². The van der Waals surface area contributed by atoms with Crippen LogP contribution < -0.4 is 21.3 Å². The summed E-state index contributed by atoms with van der Waals surface area (Å²) in [5, 5.41) is 2.90. The number of carbonyl (C=O) groups is 1. The summed E-state index contributed by atoms with van der Waals surface area (Å²) in [5.41, 5.74) is -0.174. The zero-order valence-corrected chi connectivity index (χ0v) is 18.2. The Morgan fingerprint density at radius 1 is 1.25 bits per heavy atom. The molecule has 2 saturated heterocycles. The van der Waals surface area contributed by atoms with Crippen molar-refractivity contribution in [3.8, 4) is 5.75 Å². The van der Waals surface area contributed by atoms with E-state index in [9.17, 15) is 14.4 Å². The highest BCUT2D eigenvalue weighted by molar-refractivity contribution is 5.78. The largest absolute Gasteiger partial charge is 0.497 e. The lowest BCUT2D eigenvalue weighted by atomic mass is 9.97. The molecule has 10 nitrogen and oxygen atoms in total.